The van der Waals surface area contributed by atoms with E-state index in [0.29, 0.717) is 40.7 Å². The number of benzene rings is 1. The summed E-state index contributed by atoms with van der Waals surface area (Å²) >= 11 is 0. The lowest BCUT2D eigenvalue weighted by atomic mass is 9.99. The number of aromatic amines is 2. The van der Waals surface area contributed by atoms with Crippen LogP contribution in [0.5, 0.6) is 0 Å². The molecule has 2 aromatic heterocycles. The van der Waals surface area contributed by atoms with Crippen LogP contribution < -0.4 is 16.6 Å². The minimum atomic E-state index is -0.844. The highest BCUT2D eigenvalue weighted by Gasteiger charge is 2.44. The Morgan fingerprint density at radius 3 is 2.72 bits per heavy atom. The number of ether oxygens (including phenoxy) is 3. The number of nitrogen functional groups attached to an aromatic ring is 1. The number of H-pyrrole nitrogens is 2. The molecule has 1 fully saturated rings. The first kappa shape index (κ1) is 19.6. The van der Waals surface area contributed by atoms with Crippen molar-refractivity contribution in [1.82, 2.24) is 19.9 Å². The second-order valence-electron chi connectivity index (χ2n) is 6.94. The molecule has 0 amide bonds. The van der Waals surface area contributed by atoms with Gasteiger partial charge in [-0.25, -0.2) is 9.97 Å². The Bertz CT molecular complexity index is 1100. The molecule has 1 aliphatic rings. The van der Waals surface area contributed by atoms with Crippen LogP contribution in [0.1, 0.15) is 12.0 Å². The number of rotatable bonds is 6. The molecule has 11 heteroatoms. The maximum Gasteiger partial charge on any atom is 0.260 e. The van der Waals surface area contributed by atoms with Crippen LogP contribution in [0.25, 0.3) is 21.9 Å². The van der Waals surface area contributed by atoms with Gasteiger partial charge in [0.15, 0.2) is 6.29 Å². The summed E-state index contributed by atoms with van der Waals surface area (Å²) in [5, 5.41) is 13.9. The Morgan fingerprint density at radius 1 is 1.28 bits per heavy atom. The Labute approximate surface area is 165 Å². The van der Waals surface area contributed by atoms with Crippen molar-refractivity contribution >= 4 is 33.8 Å². The van der Waals surface area contributed by atoms with Crippen molar-refractivity contribution in [3.05, 3.63) is 22.0 Å². The molecular weight excluding hydrogens is 380 g/mol. The molecule has 3 heterocycles. The van der Waals surface area contributed by atoms with E-state index in [2.05, 4.69) is 25.3 Å². The van der Waals surface area contributed by atoms with Crippen molar-refractivity contribution in [2.24, 2.45) is 0 Å². The molecule has 11 nitrogen and oxygen atoms in total. The summed E-state index contributed by atoms with van der Waals surface area (Å²) in [7, 11) is 4.75. The summed E-state index contributed by atoms with van der Waals surface area (Å²) in [6.07, 6.45) is -1.67. The van der Waals surface area contributed by atoms with Gasteiger partial charge in [-0.2, -0.15) is 0 Å². The molecule has 29 heavy (non-hydrogen) atoms. The van der Waals surface area contributed by atoms with Crippen LogP contribution in [0.4, 0.5) is 11.9 Å². The minimum Gasteiger partial charge on any atom is -0.387 e. The van der Waals surface area contributed by atoms with E-state index in [1.54, 1.807) is 13.1 Å². The number of nitrogens with zero attached hydrogens (tertiary/aromatic N) is 2. The average Bonchev–Trinajstić information content (AvgIpc) is 3.25. The van der Waals surface area contributed by atoms with Gasteiger partial charge >= 0.3 is 0 Å². The van der Waals surface area contributed by atoms with Gasteiger partial charge in [0.05, 0.1) is 28.0 Å². The van der Waals surface area contributed by atoms with Gasteiger partial charge in [-0.05, 0) is 18.9 Å². The number of aryl methyl sites for hydroxylation is 1. The smallest absolute Gasteiger partial charge is 0.260 e. The van der Waals surface area contributed by atoms with Gasteiger partial charge < -0.3 is 35.4 Å². The number of aromatic nitrogens is 4. The molecule has 156 valence electrons. The van der Waals surface area contributed by atoms with E-state index in [1.165, 1.54) is 14.2 Å². The van der Waals surface area contributed by atoms with Crippen molar-refractivity contribution in [2.75, 3.05) is 32.3 Å². The Balaban J connectivity index is 1.75. The predicted molar refractivity (Wildman–Crippen MR) is 107 cm³/mol. The fraction of sp³-hybridized carbons (Fsp3) is 0.500. The number of methoxy groups -OCH3 is 2. The van der Waals surface area contributed by atoms with Gasteiger partial charge in [0.1, 0.15) is 12.2 Å². The third-order valence-corrected chi connectivity index (χ3v) is 5.28. The van der Waals surface area contributed by atoms with E-state index in [1.807, 2.05) is 0 Å². The molecule has 0 aliphatic carbocycles. The highest BCUT2D eigenvalue weighted by atomic mass is 16.7. The number of anilines is 2. The number of nitrogens with two attached hydrogens (primary N) is 1. The molecule has 1 aromatic carbocycles. The first-order valence-corrected chi connectivity index (χ1v) is 9.24. The fourth-order valence-electron chi connectivity index (χ4n) is 3.87. The molecule has 0 radical (unpaired) electrons. The molecule has 1 saturated heterocycles. The van der Waals surface area contributed by atoms with E-state index in [-0.39, 0.29) is 11.5 Å². The zero-order chi connectivity index (χ0) is 20.7. The molecule has 0 spiro atoms. The molecule has 6 N–H and O–H groups in total. The Morgan fingerprint density at radius 2 is 2.07 bits per heavy atom. The zero-order valence-corrected chi connectivity index (χ0v) is 16.4. The van der Waals surface area contributed by atoms with E-state index in [0.717, 1.165) is 5.56 Å². The molecule has 1 aliphatic heterocycles. The first-order chi connectivity index (χ1) is 14.0. The number of aliphatic hydroxyl groups excluding tert-OH is 1. The summed E-state index contributed by atoms with van der Waals surface area (Å²) in [6, 6.07) is 1.70. The van der Waals surface area contributed by atoms with E-state index in [9.17, 15) is 9.90 Å². The zero-order valence-electron chi connectivity index (χ0n) is 16.4. The fourth-order valence-corrected chi connectivity index (χ4v) is 3.87. The van der Waals surface area contributed by atoms with Crippen LogP contribution in [0.3, 0.4) is 0 Å². The van der Waals surface area contributed by atoms with Crippen molar-refractivity contribution in [3.63, 3.8) is 0 Å². The molecular formula is C18H24N6O5. The van der Waals surface area contributed by atoms with Crippen molar-refractivity contribution in [1.29, 1.82) is 0 Å². The summed E-state index contributed by atoms with van der Waals surface area (Å²) < 4.78 is 16.3. The normalized spacial score (nSPS) is 24.6. The summed E-state index contributed by atoms with van der Waals surface area (Å²) in [5.74, 6) is 0.598. The molecule has 4 atom stereocenters. The van der Waals surface area contributed by atoms with Gasteiger partial charge in [-0.15, -0.1) is 0 Å². The number of nitrogens with one attached hydrogen (secondary N) is 3. The summed E-state index contributed by atoms with van der Waals surface area (Å²) in [6.45, 7) is 0. The molecule has 0 unspecified atom stereocenters. The number of fused-ring (bicyclic) bond motifs is 2. The number of aliphatic hydroxyl groups is 1. The highest BCUT2D eigenvalue weighted by Crippen LogP contribution is 2.31. The lowest BCUT2D eigenvalue weighted by Gasteiger charge is -2.17. The van der Waals surface area contributed by atoms with Crippen molar-refractivity contribution in [3.8, 4) is 0 Å². The van der Waals surface area contributed by atoms with Crippen LogP contribution in [0.15, 0.2) is 10.9 Å². The van der Waals surface area contributed by atoms with Crippen molar-refractivity contribution < 1.29 is 19.3 Å². The van der Waals surface area contributed by atoms with Crippen molar-refractivity contribution in [2.45, 2.75) is 37.4 Å². The van der Waals surface area contributed by atoms with Crippen LogP contribution in [-0.4, -0.2) is 70.9 Å². The van der Waals surface area contributed by atoms with Gasteiger partial charge in [0.25, 0.3) is 5.56 Å². The van der Waals surface area contributed by atoms with E-state index in [4.69, 9.17) is 19.9 Å². The largest absolute Gasteiger partial charge is 0.387 e. The lowest BCUT2D eigenvalue weighted by Crippen LogP contribution is -2.35. The Hall–Kier alpha value is -2.73. The summed E-state index contributed by atoms with van der Waals surface area (Å²) in [4.78, 5) is 27.0. The predicted octanol–water partition coefficient (Wildman–Crippen LogP) is 0.103. The van der Waals surface area contributed by atoms with E-state index >= 15 is 0 Å². The van der Waals surface area contributed by atoms with E-state index < -0.39 is 24.6 Å². The maximum absolute atomic E-state index is 12.4. The van der Waals surface area contributed by atoms with Gasteiger partial charge in [0.2, 0.25) is 11.9 Å². The second kappa shape index (κ2) is 7.59. The number of hydrogen-bond acceptors (Lipinski definition) is 9. The number of imidazole rings is 1. The second-order valence-corrected chi connectivity index (χ2v) is 6.94. The SMILES string of the molecule is CNc1nc2c(CC[C@H]3O[C@@H](OC)[C@H](OC)[C@@H]3O)c3nc(N)[nH]c(=O)c3cc2[nH]1. The van der Waals surface area contributed by atoms with Crippen LogP contribution in [0.2, 0.25) is 0 Å². The highest BCUT2D eigenvalue weighted by molar-refractivity contribution is 5.98. The van der Waals surface area contributed by atoms with Gasteiger partial charge in [-0.1, -0.05) is 0 Å². The topological polar surface area (TPSA) is 160 Å². The standard InChI is InChI=1S/C18H24N6O5/c1-20-18-21-9-6-8-11(22-17(19)24-15(8)26)7(12(9)23-18)4-5-10-13(25)14(27-2)16(28-3)29-10/h6,10,13-14,16,25H,4-5H2,1-3H3,(H2,20,21,23)(H3,19,22,24,26)/t10-,13-,14-,16-/m1/s1. The average molecular weight is 404 g/mol. The Kier molecular flexibility index (Phi) is 5.13. The minimum absolute atomic E-state index is 0.0310. The summed E-state index contributed by atoms with van der Waals surface area (Å²) in [5.41, 5.74) is 8.06. The molecule has 3 aromatic rings. The third kappa shape index (κ3) is 3.31. The monoisotopic (exact) mass is 404 g/mol. The number of hydrogen-bond donors (Lipinski definition) is 5. The maximum atomic E-state index is 12.4. The van der Waals surface area contributed by atoms with Gasteiger partial charge in [0, 0.05) is 26.8 Å². The van der Waals surface area contributed by atoms with Crippen LogP contribution in [0, 0.1) is 0 Å². The van der Waals surface area contributed by atoms with Crippen LogP contribution >= 0.6 is 0 Å². The molecule has 0 saturated carbocycles. The van der Waals surface area contributed by atoms with Crippen LogP contribution in [-0.2, 0) is 20.6 Å². The third-order valence-electron chi connectivity index (χ3n) is 5.28. The lowest BCUT2D eigenvalue weighted by molar-refractivity contribution is -0.156. The molecule has 4 rings (SSSR count). The molecule has 0 bridgehead atoms. The van der Waals surface area contributed by atoms with Gasteiger partial charge in [-0.3, -0.25) is 9.78 Å². The quantitative estimate of drug-likeness (QED) is 0.384. The first-order valence-electron chi connectivity index (χ1n) is 9.24.